The molecule has 0 aliphatic carbocycles. The summed E-state index contributed by atoms with van der Waals surface area (Å²) in [5.74, 6) is -1.16. The van der Waals surface area contributed by atoms with Crippen LogP contribution in [0.3, 0.4) is 0 Å². The molecular formula is C22H20F6N2O2. The molecule has 0 saturated carbocycles. The second-order valence-electron chi connectivity index (χ2n) is 6.84. The lowest BCUT2D eigenvalue weighted by Crippen LogP contribution is -2.12. The zero-order chi connectivity index (χ0) is 24.3. The van der Waals surface area contributed by atoms with E-state index >= 15 is 0 Å². The van der Waals surface area contributed by atoms with E-state index in [1.165, 1.54) is 41.8 Å². The first-order valence-electron chi connectivity index (χ1n) is 9.22. The summed E-state index contributed by atoms with van der Waals surface area (Å²) >= 11 is 0. The Hall–Kier alpha value is -3.27. The van der Waals surface area contributed by atoms with E-state index in [1.807, 2.05) is 0 Å². The third kappa shape index (κ3) is 5.70. The van der Waals surface area contributed by atoms with Gasteiger partial charge in [0.1, 0.15) is 0 Å². The molecule has 1 heterocycles. The van der Waals surface area contributed by atoms with E-state index in [-0.39, 0.29) is 23.5 Å². The minimum Gasteiger partial charge on any atom is -0.478 e. The van der Waals surface area contributed by atoms with Crippen molar-refractivity contribution < 1.29 is 36.2 Å². The van der Waals surface area contributed by atoms with Gasteiger partial charge < -0.3 is 15.4 Å². The van der Waals surface area contributed by atoms with Crippen LogP contribution in [0.15, 0.2) is 54.6 Å². The average Bonchev–Trinajstić information content (AvgIpc) is 3.01. The number of rotatable bonds is 3. The molecule has 3 aromatic rings. The summed E-state index contributed by atoms with van der Waals surface area (Å²) in [6.07, 6.45) is -8.77. The molecule has 0 aliphatic heterocycles. The number of benzene rings is 2. The van der Waals surface area contributed by atoms with Crippen molar-refractivity contribution >= 4 is 5.97 Å². The maximum Gasteiger partial charge on any atom is 0.418 e. The van der Waals surface area contributed by atoms with E-state index in [2.05, 4.69) is 0 Å². The molecule has 0 unspecified atom stereocenters. The van der Waals surface area contributed by atoms with Crippen molar-refractivity contribution in [1.29, 1.82) is 0 Å². The Labute approximate surface area is 179 Å². The molecule has 32 heavy (non-hydrogen) atoms. The minimum atomic E-state index is -4.50. The van der Waals surface area contributed by atoms with Gasteiger partial charge in [-0.3, -0.25) is 0 Å². The number of carboxylic acid groups (broad SMARTS) is 1. The number of nitrogens with two attached hydrogens (primary N) is 1. The van der Waals surface area contributed by atoms with Crippen LogP contribution in [-0.4, -0.2) is 15.6 Å². The fourth-order valence-corrected chi connectivity index (χ4v) is 3.13. The summed E-state index contributed by atoms with van der Waals surface area (Å²) in [5.41, 5.74) is 4.89. The smallest absolute Gasteiger partial charge is 0.418 e. The molecule has 0 radical (unpaired) electrons. The number of hydrogen-bond acceptors (Lipinski definition) is 2. The van der Waals surface area contributed by atoms with E-state index in [0.29, 0.717) is 11.3 Å². The number of aryl methyl sites for hydroxylation is 1. The van der Waals surface area contributed by atoms with Crippen LogP contribution in [0, 0.1) is 13.8 Å². The Morgan fingerprint density at radius 3 is 2.06 bits per heavy atom. The summed E-state index contributed by atoms with van der Waals surface area (Å²) in [7, 11) is 0. The van der Waals surface area contributed by atoms with Crippen LogP contribution in [-0.2, 0) is 18.9 Å². The fraction of sp³-hybridized carbons (Fsp3) is 0.227. The molecule has 0 spiro atoms. The van der Waals surface area contributed by atoms with Gasteiger partial charge in [0.2, 0.25) is 0 Å². The second-order valence-corrected chi connectivity index (χ2v) is 6.84. The van der Waals surface area contributed by atoms with Gasteiger partial charge in [-0.2, -0.15) is 26.3 Å². The van der Waals surface area contributed by atoms with Crippen molar-refractivity contribution in [1.82, 2.24) is 4.57 Å². The van der Waals surface area contributed by atoms with Gasteiger partial charge in [-0.05, 0) is 43.7 Å². The third-order valence-corrected chi connectivity index (χ3v) is 4.60. The average molecular weight is 458 g/mol. The van der Waals surface area contributed by atoms with Crippen LogP contribution < -0.4 is 5.73 Å². The Kier molecular flexibility index (Phi) is 7.40. The molecule has 3 rings (SSSR count). The lowest BCUT2D eigenvalue weighted by Gasteiger charge is -2.16. The normalized spacial score (nSPS) is 11.7. The highest BCUT2D eigenvalue weighted by atomic mass is 19.4. The van der Waals surface area contributed by atoms with Crippen LogP contribution in [0.1, 0.15) is 38.4 Å². The number of carboxylic acids is 1. The lowest BCUT2D eigenvalue weighted by molar-refractivity contribution is -0.138. The first-order chi connectivity index (χ1) is 14.8. The number of alkyl halides is 6. The van der Waals surface area contributed by atoms with Gasteiger partial charge in [0.25, 0.3) is 0 Å². The lowest BCUT2D eigenvalue weighted by atomic mass is 10.1. The van der Waals surface area contributed by atoms with Crippen LogP contribution in [0.5, 0.6) is 0 Å². The van der Waals surface area contributed by atoms with Crippen molar-refractivity contribution in [2.45, 2.75) is 32.7 Å². The van der Waals surface area contributed by atoms with Crippen molar-refractivity contribution in [2.75, 3.05) is 0 Å². The highest BCUT2D eigenvalue weighted by Crippen LogP contribution is 2.35. The van der Waals surface area contributed by atoms with Crippen LogP contribution in [0.25, 0.3) is 5.69 Å². The Bertz CT molecular complexity index is 1100. The molecule has 172 valence electrons. The molecule has 2 aromatic carbocycles. The van der Waals surface area contributed by atoms with Crippen molar-refractivity contribution in [3.8, 4) is 5.69 Å². The Morgan fingerprint density at radius 1 is 0.938 bits per heavy atom. The first kappa shape index (κ1) is 25.0. The van der Waals surface area contributed by atoms with Crippen LogP contribution in [0.2, 0.25) is 0 Å². The topological polar surface area (TPSA) is 68.2 Å². The Balaban J connectivity index is 0.000000258. The first-order valence-corrected chi connectivity index (χ1v) is 9.22. The van der Waals surface area contributed by atoms with Gasteiger partial charge in [-0.15, -0.1) is 0 Å². The number of hydrogen-bond donors (Lipinski definition) is 2. The van der Waals surface area contributed by atoms with Crippen molar-refractivity contribution in [3.05, 3.63) is 88.2 Å². The van der Waals surface area contributed by atoms with E-state index in [1.54, 1.807) is 13.0 Å². The standard InChI is InChI=1S/C14H12F3NO2.C8H8F3N/c1-8-7-10(13(19)20)9(2)18(8)12-6-4-3-5-11(12)14(15,16)17;9-8(10,11)7-3-1-2-6(4-7)5-12/h3-7H,1-2H3,(H,19,20);1-4H,5,12H2. The largest absolute Gasteiger partial charge is 0.478 e. The highest BCUT2D eigenvalue weighted by molar-refractivity contribution is 5.89. The van der Waals surface area contributed by atoms with Gasteiger partial charge in [0, 0.05) is 17.9 Å². The molecule has 10 heteroatoms. The molecule has 0 amide bonds. The zero-order valence-electron chi connectivity index (χ0n) is 17.1. The predicted octanol–water partition coefficient (Wildman–Crippen LogP) is 5.98. The number of aromatic nitrogens is 1. The summed E-state index contributed by atoms with van der Waals surface area (Å²) in [6.45, 7) is 3.19. The molecule has 4 nitrogen and oxygen atoms in total. The molecule has 0 aliphatic rings. The van der Waals surface area contributed by atoms with Crippen LogP contribution in [0.4, 0.5) is 26.3 Å². The van der Waals surface area contributed by atoms with Gasteiger partial charge in [-0.1, -0.05) is 30.3 Å². The molecule has 0 atom stereocenters. The Morgan fingerprint density at radius 2 is 1.56 bits per heavy atom. The number of halogens is 6. The van der Waals surface area contributed by atoms with Crippen molar-refractivity contribution in [3.63, 3.8) is 0 Å². The molecule has 0 bridgehead atoms. The molecule has 0 saturated heterocycles. The maximum atomic E-state index is 13.0. The summed E-state index contributed by atoms with van der Waals surface area (Å²) in [4.78, 5) is 11.1. The molecule has 0 fully saturated rings. The second kappa shape index (κ2) is 9.47. The molecule has 3 N–H and O–H groups in total. The quantitative estimate of drug-likeness (QED) is 0.475. The summed E-state index contributed by atoms with van der Waals surface area (Å²) in [5, 5.41) is 9.04. The van der Waals surface area contributed by atoms with Gasteiger partial charge in [0.05, 0.1) is 22.4 Å². The van der Waals surface area contributed by atoms with Crippen molar-refractivity contribution in [2.24, 2.45) is 5.73 Å². The van der Waals surface area contributed by atoms with E-state index in [0.717, 1.165) is 18.2 Å². The van der Waals surface area contributed by atoms with E-state index in [4.69, 9.17) is 10.8 Å². The molecule has 1 aromatic heterocycles. The third-order valence-electron chi connectivity index (χ3n) is 4.60. The predicted molar refractivity (Wildman–Crippen MR) is 107 cm³/mol. The van der Waals surface area contributed by atoms with Gasteiger partial charge in [0.15, 0.2) is 0 Å². The van der Waals surface area contributed by atoms with Gasteiger partial charge >= 0.3 is 18.3 Å². The molecular weight excluding hydrogens is 438 g/mol. The van der Waals surface area contributed by atoms with Gasteiger partial charge in [-0.25, -0.2) is 4.79 Å². The zero-order valence-corrected chi connectivity index (χ0v) is 17.1. The van der Waals surface area contributed by atoms with E-state index < -0.39 is 29.4 Å². The number of aromatic carboxylic acids is 1. The SMILES string of the molecule is Cc1cc(C(=O)O)c(C)n1-c1ccccc1C(F)(F)F.NCc1cccc(C(F)(F)F)c1. The summed E-state index contributed by atoms with van der Waals surface area (Å²) < 4.78 is 76.6. The van der Waals surface area contributed by atoms with Crippen LogP contribution >= 0.6 is 0 Å². The fourth-order valence-electron chi connectivity index (χ4n) is 3.13. The minimum absolute atomic E-state index is 0.000484. The number of nitrogens with zero attached hydrogens (tertiary/aromatic N) is 1. The number of para-hydroxylation sites is 1. The number of carbonyl (C=O) groups is 1. The van der Waals surface area contributed by atoms with E-state index in [9.17, 15) is 31.1 Å². The highest BCUT2D eigenvalue weighted by Gasteiger charge is 2.34. The summed E-state index contributed by atoms with van der Waals surface area (Å²) in [6, 6.07) is 11.5. The maximum absolute atomic E-state index is 13.0. The monoisotopic (exact) mass is 458 g/mol.